The van der Waals surface area contributed by atoms with Crippen LogP contribution in [0.25, 0.3) is 0 Å². The Balaban J connectivity index is 2.82. The highest BCUT2D eigenvalue weighted by atomic mass is 14.5. The van der Waals surface area contributed by atoms with Crippen LogP contribution in [0.1, 0.15) is 12.8 Å². The second kappa shape index (κ2) is 5.28. The van der Waals surface area contributed by atoms with Crippen molar-refractivity contribution in [3.05, 3.63) is 24.9 Å². The molecule has 0 saturated heterocycles. The normalized spacial score (nSPS) is 9.71. The van der Waals surface area contributed by atoms with Gasteiger partial charge in [0.15, 0.2) is 0 Å². The summed E-state index contributed by atoms with van der Waals surface area (Å²) < 4.78 is 0. The fourth-order valence-electron chi connectivity index (χ4n) is 0.310. The van der Waals surface area contributed by atoms with Gasteiger partial charge >= 0.3 is 0 Å². The van der Waals surface area contributed by atoms with Crippen molar-refractivity contribution in [2.45, 2.75) is 12.8 Å². The molecular weight excluding hydrogens is 86.1 g/mol. The first-order chi connectivity index (χ1) is 3.41. The van der Waals surface area contributed by atoms with Crippen molar-refractivity contribution in [1.82, 2.24) is 0 Å². The topological polar surface area (TPSA) is 26.0 Å². The number of allylic oxidation sites excluding steroid dienone is 2. The molecule has 0 aliphatic heterocycles. The van der Waals surface area contributed by atoms with Gasteiger partial charge in [0.1, 0.15) is 0 Å². The molecule has 7 heavy (non-hydrogen) atoms. The lowest BCUT2D eigenvalue weighted by molar-refractivity contribution is 1.05. The number of hydrogen-bond donors (Lipinski definition) is 1. The van der Waals surface area contributed by atoms with Gasteiger partial charge in [0.25, 0.3) is 0 Å². The fourth-order valence-corrected chi connectivity index (χ4v) is 0.310. The largest absolute Gasteiger partial charge is 0.405 e. The van der Waals surface area contributed by atoms with Gasteiger partial charge in [-0.3, -0.25) is 0 Å². The first-order valence-corrected chi connectivity index (χ1v) is 2.39. The Hall–Kier alpha value is -0.720. The Morgan fingerprint density at radius 1 is 1.43 bits per heavy atom. The fraction of sp³-hybridized carbons (Fsp3) is 0.333. The van der Waals surface area contributed by atoms with Crippen molar-refractivity contribution < 1.29 is 0 Å². The molecule has 0 radical (unpaired) electrons. The minimum absolute atomic E-state index is 1.01. The molecular formula is C6H11N. The van der Waals surface area contributed by atoms with Gasteiger partial charge in [-0.05, 0) is 19.0 Å². The van der Waals surface area contributed by atoms with Gasteiger partial charge in [0, 0.05) is 0 Å². The van der Waals surface area contributed by atoms with E-state index in [9.17, 15) is 0 Å². The first kappa shape index (κ1) is 6.28. The molecule has 2 N–H and O–H groups in total. The van der Waals surface area contributed by atoms with Gasteiger partial charge in [0.2, 0.25) is 0 Å². The third-order valence-corrected chi connectivity index (χ3v) is 0.674. The van der Waals surface area contributed by atoms with Crippen molar-refractivity contribution in [3.63, 3.8) is 0 Å². The highest BCUT2D eigenvalue weighted by molar-refractivity contribution is 4.79. The quantitative estimate of drug-likeness (QED) is 0.418. The molecule has 0 spiro atoms. The zero-order chi connectivity index (χ0) is 5.54. The van der Waals surface area contributed by atoms with E-state index < -0.39 is 0 Å². The van der Waals surface area contributed by atoms with Crippen molar-refractivity contribution in [2.75, 3.05) is 0 Å². The molecule has 0 heterocycles. The Morgan fingerprint density at radius 3 is 2.57 bits per heavy atom. The lowest BCUT2D eigenvalue weighted by atomic mass is 10.3. The molecule has 0 bridgehead atoms. The van der Waals surface area contributed by atoms with E-state index >= 15 is 0 Å². The zero-order valence-electron chi connectivity index (χ0n) is 4.43. The van der Waals surface area contributed by atoms with E-state index in [1.54, 1.807) is 6.20 Å². The van der Waals surface area contributed by atoms with Crippen LogP contribution in [-0.2, 0) is 0 Å². The minimum atomic E-state index is 1.01. The molecule has 0 aromatic carbocycles. The predicted molar refractivity (Wildman–Crippen MR) is 32.8 cm³/mol. The number of hydrogen-bond acceptors (Lipinski definition) is 1. The molecule has 0 aromatic heterocycles. The minimum Gasteiger partial charge on any atom is -0.405 e. The molecule has 0 amide bonds. The van der Waals surface area contributed by atoms with Gasteiger partial charge in [0.05, 0.1) is 0 Å². The summed E-state index contributed by atoms with van der Waals surface area (Å²) in [6.07, 6.45) is 7.39. The average molecular weight is 97.2 g/mol. The molecule has 1 nitrogen and oxygen atoms in total. The molecule has 0 aliphatic rings. The van der Waals surface area contributed by atoms with Crippen molar-refractivity contribution in [3.8, 4) is 0 Å². The summed E-state index contributed by atoms with van der Waals surface area (Å²) in [5, 5.41) is 0. The Labute approximate surface area is 44.5 Å². The van der Waals surface area contributed by atoms with Crippen LogP contribution in [0.3, 0.4) is 0 Å². The molecule has 40 valence electrons. The second-order valence-corrected chi connectivity index (χ2v) is 1.29. The van der Waals surface area contributed by atoms with Gasteiger partial charge in [-0.2, -0.15) is 0 Å². The van der Waals surface area contributed by atoms with E-state index in [4.69, 9.17) is 5.73 Å². The summed E-state index contributed by atoms with van der Waals surface area (Å²) in [5.74, 6) is 0. The van der Waals surface area contributed by atoms with Gasteiger partial charge in [-0.15, -0.1) is 6.58 Å². The summed E-state index contributed by atoms with van der Waals surface area (Å²) in [7, 11) is 0. The molecule has 0 aromatic rings. The summed E-state index contributed by atoms with van der Waals surface area (Å²) in [5.41, 5.74) is 5.05. The molecule has 0 fully saturated rings. The molecule has 1 heteroatoms. The van der Waals surface area contributed by atoms with Crippen LogP contribution in [-0.4, -0.2) is 0 Å². The van der Waals surface area contributed by atoms with Crippen LogP contribution < -0.4 is 5.73 Å². The highest BCUT2D eigenvalue weighted by Crippen LogP contribution is 1.87. The Bertz CT molecular complexity index is 64.6. The van der Waals surface area contributed by atoms with Gasteiger partial charge in [-0.25, -0.2) is 0 Å². The maximum atomic E-state index is 5.05. The highest BCUT2D eigenvalue weighted by Gasteiger charge is 1.68. The Kier molecular flexibility index (Phi) is 4.74. The lowest BCUT2D eigenvalue weighted by Crippen LogP contribution is -1.74. The molecule has 0 rings (SSSR count). The molecule has 0 saturated carbocycles. The number of nitrogens with two attached hydrogens (primary N) is 1. The van der Waals surface area contributed by atoms with Gasteiger partial charge < -0.3 is 5.73 Å². The van der Waals surface area contributed by atoms with Crippen LogP contribution in [0.2, 0.25) is 0 Å². The van der Waals surface area contributed by atoms with Crippen LogP contribution >= 0.6 is 0 Å². The molecule has 0 unspecified atom stereocenters. The summed E-state index contributed by atoms with van der Waals surface area (Å²) in [6, 6.07) is 0. The second-order valence-electron chi connectivity index (χ2n) is 1.29. The van der Waals surface area contributed by atoms with E-state index in [-0.39, 0.29) is 0 Å². The Morgan fingerprint density at radius 2 is 2.14 bits per heavy atom. The van der Waals surface area contributed by atoms with E-state index in [1.165, 1.54) is 0 Å². The maximum Gasteiger partial charge on any atom is -0.0103 e. The van der Waals surface area contributed by atoms with Crippen molar-refractivity contribution in [1.29, 1.82) is 0 Å². The lowest BCUT2D eigenvalue weighted by Gasteiger charge is -1.79. The number of rotatable bonds is 3. The van der Waals surface area contributed by atoms with E-state index in [0.29, 0.717) is 0 Å². The summed E-state index contributed by atoms with van der Waals surface area (Å²) >= 11 is 0. The molecule has 0 aliphatic carbocycles. The van der Waals surface area contributed by atoms with Crippen LogP contribution in [0.15, 0.2) is 24.9 Å². The van der Waals surface area contributed by atoms with Crippen LogP contribution in [0.4, 0.5) is 0 Å². The van der Waals surface area contributed by atoms with E-state index in [0.717, 1.165) is 12.8 Å². The van der Waals surface area contributed by atoms with Crippen molar-refractivity contribution in [2.24, 2.45) is 5.73 Å². The number of unbranched alkanes of at least 4 members (excludes halogenated alkanes) is 1. The van der Waals surface area contributed by atoms with Crippen LogP contribution in [0, 0.1) is 0 Å². The first-order valence-electron chi connectivity index (χ1n) is 2.39. The maximum absolute atomic E-state index is 5.05. The van der Waals surface area contributed by atoms with E-state index in [2.05, 4.69) is 6.58 Å². The molecule has 0 atom stereocenters. The summed E-state index contributed by atoms with van der Waals surface area (Å²) in [6.45, 7) is 3.56. The van der Waals surface area contributed by atoms with Crippen molar-refractivity contribution >= 4 is 0 Å². The third-order valence-electron chi connectivity index (χ3n) is 0.674. The summed E-state index contributed by atoms with van der Waals surface area (Å²) in [4.78, 5) is 0. The van der Waals surface area contributed by atoms with Crippen LogP contribution in [0.5, 0.6) is 0 Å². The average Bonchev–Trinajstić information content (AvgIpc) is 1.69. The third kappa shape index (κ3) is 5.28. The predicted octanol–water partition coefficient (Wildman–Crippen LogP) is 1.43. The van der Waals surface area contributed by atoms with Gasteiger partial charge in [-0.1, -0.05) is 12.2 Å². The van der Waals surface area contributed by atoms with E-state index in [1.807, 2.05) is 12.2 Å². The monoisotopic (exact) mass is 97.1 g/mol. The standard InChI is InChI=1S/C6H11N/c1-2-3-4-5-6-7/h2,5-6H,1,3-4,7H2/b6-5+. The zero-order valence-corrected chi connectivity index (χ0v) is 4.43. The SMILES string of the molecule is C=CCC/C=C/N. The smallest absolute Gasteiger partial charge is 0.0103 e.